The molecule has 1 amide bonds. The van der Waals surface area contributed by atoms with Crippen molar-refractivity contribution in [2.24, 2.45) is 0 Å². The van der Waals surface area contributed by atoms with E-state index in [9.17, 15) is 10.1 Å². The molecule has 0 saturated carbocycles. The maximum atomic E-state index is 12.8. The number of rotatable bonds is 4. The minimum atomic E-state index is 0.0977. The Labute approximate surface area is 210 Å². The highest BCUT2D eigenvalue weighted by Crippen LogP contribution is 2.36. The molecule has 6 heteroatoms. The first-order valence-corrected chi connectivity index (χ1v) is 12.8. The van der Waals surface area contributed by atoms with Gasteiger partial charge in [-0.3, -0.25) is 9.78 Å². The van der Waals surface area contributed by atoms with Crippen LogP contribution in [0.1, 0.15) is 48.0 Å². The minimum Gasteiger partial charge on any atom is -0.454 e. The fourth-order valence-corrected chi connectivity index (χ4v) is 5.39. The van der Waals surface area contributed by atoms with E-state index in [4.69, 9.17) is 4.42 Å². The Kier molecular flexibility index (Phi) is 5.90. The van der Waals surface area contributed by atoms with Crippen LogP contribution in [-0.4, -0.2) is 42.0 Å². The highest BCUT2D eigenvalue weighted by molar-refractivity contribution is 5.95. The smallest absolute Gasteiger partial charge is 0.253 e. The molecule has 2 aliphatic heterocycles. The van der Waals surface area contributed by atoms with Crippen LogP contribution in [0.15, 0.2) is 65.2 Å². The van der Waals surface area contributed by atoms with Crippen LogP contribution in [0.4, 0.5) is 5.69 Å². The lowest BCUT2D eigenvalue weighted by atomic mass is 10.0. The van der Waals surface area contributed by atoms with Crippen LogP contribution >= 0.6 is 0 Å². The molecule has 4 aromatic rings. The third-order valence-corrected chi connectivity index (χ3v) is 7.35. The van der Waals surface area contributed by atoms with Crippen molar-refractivity contribution in [1.82, 2.24) is 9.88 Å². The molecule has 0 unspecified atom stereocenters. The van der Waals surface area contributed by atoms with E-state index in [1.165, 1.54) is 19.3 Å². The number of aromatic nitrogens is 1. The van der Waals surface area contributed by atoms with Gasteiger partial charge in [-0.25, -0.2) is 0 Å². The first kappa shape index (κ1) is 22.4. The van der Waals surface area contributed by atoms with Crippen LogP contribution in [0, 0.1) is 11.3 Å². The average Bonchev–Trinajstić information content (AvgIpc) is 3.63. The molecule has 2 aromatic heterocycles. The monoisotopic (exact) mass is 476 g/mol. The van der Waals surface area contributed by atoms with Crippen molar-refractivity contribution in [2.45, 2.75) is 32.1 Å². The standard InChI is InChI=1S/C30H28N4O2/c31-20-24-18-23(10-11-27(24)33-14-4-5-15-33)25-12-13-32-26-19-28(36-29(25)26)21-6-8-22(9-7-21)30(35)34-16-2-1-3-17-34/h6-13,18-19H,1-5,14-17H2. The van der Waals surface area contributed by atoms with Crippen LogP contribution in [0.25, 0.3) is 33.6 Å². The number of piperidine rings is 1. The van der Waals surface area contributed by atoms with Gasteiger partial charge in [-0.2, -0.15) is 5.26 Å². The SMILES string of the molecule is N#Cc1cc(-c2ccnc3cc(-c4ccc(C(=O)N5CCCCC5)cc4)oc23)ccc1N1CCCC1. The van der Waals surface area contributed by atoms with Crippen LogP contribution in [0.2, 0.25) is 0 Å². The van der Waals surface area contributed by atoms with Gasteiger partial charge in [0.05, 0.1) is 11.3 Å². The van der Waals surface area contributed by atoms with E-state index in [0.717, 1.165) is 66.9 Å². The van der Waals surface area contributed by atoms with Gasteiger partial charge in [0.25, 0.3) is 5.91 Å². The lowest BCUT2D eigenvalue weighted by Gasteiger charge is -2.26. The van der Waals surface area contributed by atoms with E-state index in [-0.39, 0.29) is 5.91 Å². The quantitative estimate of drug-likeness (QED) is 0.348. The molecule has 2 aliphatic rings. The van der Waals surface area contributed by atoms with Crippen molar-refractivity contribution in [3.05, 3.63) is 71.9 Å². The van der Waals surface area contributed by atoms with E-state index >= 15 is 0 Å². The zero-order valence-electron chi connectivity index (χ0n) is 20.2. The topological polar surface area (TPSA) is 73.4 Å². The summed E-state index contributed by atoms with van der Waals surface area (Å²) in [6.07, 6.45) is 7.47. The van der Waals surface area contributed by atoms with E-state index in [1.54, 1.807) is 6.20 Å². The maximum absolute atomic E-state index is 12.8. The number of hydrogen-bond acceptors (Lipinski definition) is 5. The van der Waals surface area contributed by atoms with E-state index < -0.39 is 0 Å². The second kappa shape index (κ2) is 9.50. The number of nitrogens with zero attached hydrogens (tertiary/aromatic N) is 4. The van der Waals surface area contributed by atoms with Crippen molar-refractivity contribution in [3.63, 3.8) is 0 Å². The summed E-state index contributed by atoms with van der Waals surface area (Å²) in [5.74, 6) is 0.802. The van der Waals surface area contributed by atoms with Crippen molar-refractivity contribution < 1.29 is 9.21 Å². The molecule has 0 atom stereocenters. The first-order valence-electron chi connectivity index (χ1n) is 12.8. The molecule has 36 heavy (non-hydrogen) atoms. The Balaban J connectivity index is 1.31. The number of fused-ring (bicyclic) bond motifs is 1. The van der Waals surface area contributed by atoms with Gasteiger partial charge in [-0.1, -0.05) is 18.2 Å². The molecule has 0 N–H and O–H groups in total. The largest absolute Gasteiger partial charge is 0.454 e. The van der Waals surface area contributed by atoms with Gasteiger partial charge < -0.3 is 14.2 Å². The number of pyridine rings is 1. The van der Waals surface area contributed by atoms with Gasteiger partial charge in [-0.15, -0.1) is 0 Å². The summed E-state index contributed by atoms with van der Waals surface area (Å²) >= 11 is 0. The van der Waals surface area contributed by atoms with Crippen LogP contribution in [0.3, 0.4) is 0 Å². The average molecular weight is 477 g/mol. The summed E-state index contributed by atoms with van der Waals surface area (Å²) in [6, 6.07) is 19.9. The summed E-state index contributed by atoms with van der Waals surface area (Å²) in [5, 5.41) is 9.82. The zero-order chi connectivity index (χ0) is 24.5. The molecule has 180 valence electrons. The maximum Gasteiger partial charge on any atom is 0.253 e. The Bertz CT molecular complexity index is 1450. The molecular formula is C30H28N4O2. The number of furan rings is 1. The van der Waals surface area contributed by atoms with Gasteiger partial charge in [0.2, 0.25) is 0 Å². The molecule has 2 saturated heterocycles. The molecule has 0 bridgehead atoms. The van der Waals surface area contributed by atoms with Gasteiger partial charge in [0, 0.05) is 55.1 Å². The van der Waals surface area contributed by atoms with Gasteiger partial charge in [0.1, 0.15) is 17.3 Å². The summed E-state index contributed by atoms with van der Waals surface area (Å²) in [6.45, 7) is 3.67. The molecule has 4 heterocycles. The number of carbonyl (C=O) groups is 1. The second-order valence-corrected chi connectivity index (χ2v) is 9.65. The highest BCUT2D eigenvalue weighted by Gasteiger charge is 2.20. The zero-order valence-corrected chi connectivity index (χ0v) is 20.2. The minimum absolute atomic E-state index is 0.0977. The Hall–Kier alpha value is -4.11. The fourth-order valence-electron chi connectivity index (χ4n) is 5.39. The van der Waals surface area contributed by atoms with Gasteiger partial charge in [-0.05, 0) is 68.0 Å². The third-order valence-electron chi connectivity index (χ3n) is 7.35. The molecule has 0 aliphatic carbocycles. The lowest BCUT2D eigenvalue weighted by Crippen LogP contribution is -2.35. The number of nitriles is 1. The summed E-state index contributed by atoms with van der Waals surface area (Å²) in [7, 11) is 0. The van der Waals surface area contributed by atoms with Crippen molar-refractivity contribution >= 4 is 22.7 Å². The molecular weight excluding hydrogens is 448 g/mol. The fraction of sp³-hybridized carbons (Fsp3) is 0.300. The molecule has 6 nitrogen and oxygen atoms in total. The number of benzene rings is 2. The van der Waals surface area contributed by atoms with Gasteiger partial charge >= 0.3 is 0 Å². The predicted molar refractivity (Wildman–Crippen MR) is 141 cm³/mol. The second-order valence-electron chi connectivity index (χ2n) is 9.65. The van der Waals surface area contributed by atoms with Gasteiger partial charge in [0.15, 0.2) is 5.58 Å². The first-order chi connectivity index (χ1) is 17.7. The number of anilines is 1. The number of hydrogen-bond donors (Lipinski definition) is 0. The van der Waals surface area contributed by atoms with Crippen molar-refractivity contribution in [3.8, 4) is 28.5 Å². The molecule has 0 spiro atoms. The molecule has 0 radical (unpaired) electrons. The van der Waals surface area contributed by atoms with E-state index in [0.29, 0.717) is 22.5 Å². The van der Waals surface area contributed by atoms with Crippen molar-refractivity contribution in [1.29, 1.82) is 5.26 Å². The molecule has 6 rings (SSSR count). The third kappa shape index (κ3) is 4.11. The summed E-state index contributed by atoms with van der Waals surface area (Å²) in [4.78, 5) is 21.6. The summed E-state index contributed by atoms with van der Waals surface area (Å²) < 4.78 is 6.31. The Morgan fingerprint density at radius 1 is 0.861 bits per heavy atom. The number of likely N-dealkylation sites (tertiary alicyclic amines) is 1. The van der Waals surface area contributed by atoms with Crippen LogP contribution < -0.4 is 4.90 Å². The molecule has 2 aromatic carbocycles. The summed E-state index contributed by atoms with van der Waals surface area (Å²) in [5.41, 5.74) is 6.59. The van der Waals surface area contributed by atoms with Crippen LogP contribution in [0.5, 0.6) is 0 Å². The Morgan fingerprint density at radius 3 is 2.33 bits per heavy atom. The Morgan fingerprint density at radius 2 is 1.58 bits per heavy atom. The van der Waals surface area contributed by atoms with Crippen LogP contribution in [-0.2, 0) is 0 Å². The molecule has 2 fully saturated rings. The normalized spacial score (nSPS) is 15.9. The van der Waals surface area contributed by atoms with E-state index in [1.807, 2.05) is 53.4 Å². The number of amides is 1. The highest BCUT2D eigenvalue weighted by atomic mass is 16.3. The predicted octanol–water partition coefficient (Wildman–Crippen LogP) is 6.26. The number of carbonyl (C=O) groups excluding carboxylic acids is 1. The lowest BCUT2D eigenvalue weighted by molar-refractivity contribution is 0.0724. The van der Waals surface area contributed by atoms with Crippen molar-refractivity contribution in [2.75, 3.05) is 31.1 Å². The van der Waals surface area contributed by atoms with E-state index in [2.05, 4.69) is 22.0 Å².